The van der Waals surface area contributed by atoms with Gasteiger partial charge in [0.25, 0.3) is 0 Å². The van der Waals surface area contributed by atoms with Crippen molar-refractivity contribution in [3.8, 4) is 11.8 Å². The van der Waals surface area contributed by atoms with Crippen LogP contribution in [0.1, 0.15) is 48.7 Å². The molecule has 3 atom stereocenters. The minimum absolute atomic E-state index is 0.0531. The predicted molar refractivity (Wildman–Crippen MR) is 168 cm³/mol. The number of aliphatic hydroxyl groups is 2. The van der Waals surface area contributed by atoms with Crippen LogP contribution < -0.4 is 11.4 Å². The minimum Gasteiger partial charge on any atom is -0.394 e. The van der Waals surface area contributed by atoms with Crippen LogP contribution in [-0.2, 0) is 17.7 Å². The predicted octanol–water partition coefficient (Wildman–Crippen LogP) is 3.77. The number of rotatable bonds is 8. The van der Waals surface area contributed by atoms with Crippen LogP contribution in [0.5, 0.6) is 0 Å². The number of hydrogen-bond acceptors (Lipinski definition) is 8. The molecule has 4 N–H and O–H groups in total. The van der Waals surface area contributed by atoms with E-state index in [1.165, 1.54) is 48.6 Å². The van der Waals surface area contributed by atoms with Gasteiger partial charge < -0.3 is 20.7 Å². The van der Waals surface area contributed by atoms with Crippen molar-refractivity contribution in [1.82, 2.24) is 24.5 Å². The average molecular weight is 589 g/mol. The lowest BCUT2D eigenvalue weighted by molar-refractivity contribution is -0.0458. The van der Waals surface area contributed by atoms with E-state index in [2.05, 4.69) is 81.7 Å². The summed E-state index contributed by atoms with van der Waals surface area (Å²) in [4.78, 5) is 16.2. The van der Waals surface area contributed by atoms with Crippen LogP contribution in [0.4, 0.5) is 5.82 Å². The number of aliphatic hydroxyl groups excluding tert-OH is 2. The van der Waals surface area contributed by atoms with E-state index in [-0.39, 0.29) is 18.8 Å². The van der Waals surface area contributed by atoms with Crippen LogP contribution in [0, 0.1) is 11.8 Å². The first-order valence-electron chi connectivity index (χ1n) is 14.8. The Balaban J connectivity index is 0.968. The molecule has 0 amide bonds. The standard InChI is InChI=1S/C34H32N6O4/c35-33-25(18-40(34(43)36-33)30-16-28(42)29(20-41)44-30)6-3-1-2-4-9-26-19-39(38-37-26)17-24-13-12-23-11-10-21-7-5-8-22-14-15-27(24)32(23)31(21)22/h5,7-8,10-15,18-19,28-30,41-42H,1-2,4,9,16-17,20H2,(H2,35,36,43)/t28-,29+,30+/m0/s1. The maximum Gasteiger partial charge on any atom is 0.351 e. The summed E-state index contributed by atoms with van der Waals surface area (Å²) in [5.74, 6) is 6.17. The molecule has 0 aliphatic carbocycles. The first-order chi connectivity index (χ1) is 21.5. The Kier molecular flexibility index (Phi) is 7.44. The van der Waals surface area contributed by atoms with E-state index in [0.717, 1.165) is 25.0 Å². The van der Waals surface area contributed by atoms with E-state index in [1.807, 2.05) is 10.9 Å². The summed E-state index contributed by atoms with van der Waals surface area (Å²) in [6.45, 7) is 0.314. The Morgan fingerprint density at radius 1 is 1.00 bits per heavy atom. The summed E-state index contributed by atoms with van der Waals surface area (Å²) in [7, 11) is 0. The first kappa shape index (κ1) is 28.0. The average Bonchev–Trinajstić information content (AvgIpc) is 3.64. The first-order valence-corrected chi connectivity index (χ1v) is 14.8. The monoisotopic (exact) mass is 588 g/mol. The van der Waals surface area contributed by atoms with Gasteiger partial charge >= 0.3 is 5.69 Å². The SMILES string of the molecule is Nc1nc(=O)n([C@H]2C[C@H](O)[C@@H](CO)O2)cc1C#CCCCCc1cn(Cc2ccc3ccc4cccc5ccc2c3c45)nn1. The molecule has 3 heterocycles. The van der Waals surface area contributed by atoms with E-state index in [0.29, 0.717) is 18.5 Å². The molecule has 44 heavy (non-hydrogen) atoms. The third-order valence-corrected chi connectivity index (χ3v) is 8.42. The van der Waals surface area contributed by atoms with E-state index < -0.39 is 24.1 Å². The van der Waals surface area contributed by atoms with Crippen molar-refractivity contribution in [1.29, 1.82) is 0 Å². The van der Waals surface area contributed by atoms with Gasteiger partial charge in [0, 0.05) is 25.2 Å². The van der Waals surface area contributed by atoms with Gasteiger partial charge in [-0.15, -0.1) is 5.10 Å². The van der Waals surface area contributed by atoms with Gasteiger partial charge in [0.1, 0.15) is 18.1 Å². The Morgan fingerprint density at radius 3 is 2.57 bits per heavy atom. The number of nitrogen functional groups attached to an aromatic ring is 1. The van der Waals surface area contributed by atoms with Gasteiger partial charge in [-0.2, -0.15) is 4.98 Å². The second kappa shape index (κ2) is 11.7. The van der Waals surface area contributed by atoms with E-state index in [4.69, 9.17) is 10.5 Å². The molecule has 1 aliphatic rings. The highest BCUT2D eigenvalue weighted by Crippen LogP contribution is 2.36. The highest BCUT2D eigenvalue weighted by Gasteiger charge is 2.35. The van der Waals surface area contributed by atoms with Crippen molar-refractivity contribution >= 4 is 38.1 Å². The van der Waals surface area contributed by atoms with Gasteiger partial charge in [0.15, 0.2) is 0 Å². The molecule has 0 unspecified atom stereocenters. The molecular formula is C34H32N6O4. The molecule has 0 spiro atoms. The number of aryl methyl sites for hydroxylation is 1. The lowest BCUT2D eigenvalue weighted by Gasteiger charge is -2.14. The molecule has 2 aromatic heterocycles. The highest BCUT2D eigenvalue weighted by atomic mass is 16.5. The summed E-state index contributed by atoms with van der Waals surface area (Å²) < 4.78 is 8.76. The second-order valence-corrected chi connectivity index (χ2v) is 11.3. The van der Waals surface area contributed by atoms with Gasteiger partial charge in [-0.25, -0.2) is 9.48 Å². The van der Waals surface area contributed by atoms with Crippen LogP contribution >= 0.6 is 0 Å². The quantitative estimate of drug-likeness (QED) is 0.139. The molecule has 0 saturated carbocycles. The summed E-state index contributed by atoms with van der Waals surface area (Å²) in [6, 6.07) is 19.6. The number of ether oxygens (including phenoxy) is 1. The Labute approximate surface area is 253 Å². The number of nitrogens with two attached hydrogens (primary N) is 1. The Bertz CT molecular complexity index is 2080. The van der Waals surface area contributed by atoms with E-state index >= 15 is 0 Å². The van der Waals surface area contributed by atoms with E-state index in [9.17, 15) is 15.0 Å². The zero-order valence-electron chi connectivity index (χ0n) is 24.1. The Morgan fingerprint density at radius 2 is 1.77 bits per heavy atom. The number of hydrogen-bond donors (Lipinski definition) is 3. The van der Waals surface area contributed by atoms with Crippen molar-refractivity contribution in [2.45, 2.75) is 57.1 Å². The molecular weight excluding hydrogens is 556 g/mol. The van der Waals surface area contributed by atoms with Crippen LogP contribution in [0.25, 0.3) is 32.3 Å². The molecule has 1 aliphatic heterocycles. The van der Waals surface area contributed by atoms with Crippen molar-refractivity contribution in [2.75, 3.05) is 12.3 Å². The fourth-order valence-electron chi connectivity index (χ4n) is 6.15. The number of benzene rings is 4. The number of nitrogens with zero attached hydrogens (tertiary/aromatic N) is 5. The van der Waals surface area contributed by atoms with Crippen LogP contribution in [-0.4, -0.2) is 53.6 Å². The van der Waals surface area contributed by atoms with Gasteiger partial charge in [0.05, 0.1) is 30.5 Å². The molecule has 222 valence electrons. The van der Waals surface area contributed by atoms with Crippen molar-refractivity contribution < 1.29 is 14.9 Å². The largest absolute Gasteiger partial charge is 0.394 e. The van der Waals surface area contributed by atoms with Crippen LogP contribution in [0.2, 0.25) is 0 Å². The number of anilines is 1. The summed E-state index contributed by atoms with van der Waals surface area (Å²) in [6.07, 6.45) is 4.55. The molecule has 6 aromatic rings. The smallest absolute Gasteiger partial charge is 0.351 e. The van der Waals surface area contributed by atoms with Crippen molar-refractivity contribution in [3.63, 3.8) is 0 Å². The minimum atomic E-state index is -0.863. The summed E-state index contributed by atoms with van der Waals surface area (Å²) in [5, 5.41) is 35.8. The Hall–Kier alpha value is -4.82. The maximum absolute atomic E-state index is 12.4. The number of aromatic nitrogens is 5. The van der Waals surface area contributed by atoms with Crippen molar-refractivity contribution in [3.05, 3.63) is 94.3 Å². The lowest BCUT2D eigenvalue weighted by atomic mass is 9.92. The van der Waals surface area contributed by atoms with Crippen molar-refractivity contribution in [2.24, 2.45) is 0 Å². The lowest BCUT2D eigenvalue weighted by Crippen LogP contribution is -2.28. The summed E-state index contributed by atoms with van der Waals surface area (Å²) >= 11 is 0. The van der Waals surface area contributed by atoms with Crippen LogP contribution in [0.15, 0.2) is 71.8 Å². The molecule has 0 bridgehead atoms. The van der Waals surface area contributed by atoms with Gasteiger partial charge in [-0.05, 0) is 57.1 Å². The molecule has 0 radical (unpaired) electrons. The normalized spacial score (nSPS) is 18.4. The number of unbranched alkanes of at least 4 members (excludes halogenated alkanes) is 2. The van der Waals surface area contributed by atoms with Gasteiger partial charge in [-0.3, -0.25) is 4.57 Å². The van der Waals surface area contributed by atoms with E-state index in [1.54, 1.807) is 0 Å². The molecule has 1 saturated heterocycles. The topological polar surface area (TPSA) is 141 Å². The van der Waals surface area contributed by atoms with Crippen LogP contribution in [0.3, 0.4) is 0 Å². The molecule has 10 nitrogen and oxygen atoms in total. The second-order valence-electron chi connectivity index (χ2n) is 11.3. The third kappa shape index (κ3) is 5.26. The van der Waals surface area contributed by atoms with Gasteiger partial charge in [-0.1, -0.05) is 71.7 Å². The summed E-state index contributed by atoms with van der Waals surface area (Å²) in [5.41, 5.74) is 7.93. The zero-order valence-corrected chi connectivity index (χ0v) is 24.1. The molecule has 10 heteroatoms. The maximum atomic E-state index is 12.4. The fourth-order valence-corrected chi connectivity index (χ4v) is 6.15. The molecule has 7 rings (SSSR count). The highest BCUT2D eigenvalue weighted by molar-refractivity contribution is 6.23. The van der Waals surface area contributed by atoms with Gasteiger partial charge in [0.2, 0.25) is 0 Å². The third-order valence-electron chi connectivity index (χ3n) is 8.42. The molecule has 4 aromatic carbocycles. The fraction of sp³-hybridized carbons (Fsp3) is 0.294. The molecule has 1 fully saturated rings. The zero-order chi connectivity index (χ0) is 30.2.